The molecule has 2 aromatic carbocycles. The smallest absolute Gasteiger partial charge is 0.385 e. The first-order valence-corrected chi connectivity index (χ1v) is 10.9. The molecule has 0 spiro atoms. The maximum atomic E-state index is 14.3. The molecule has 0 amide bonds. The summed E-state index contributed by atoms with van der Waals surface area (Å²) in [4.78, 5) is 12.6. The van der Waals surface area contributed by atoms with E-state index in [1.165, 1.54) is 12.1 Å². The summed E-state index contributed by atoms with van der Waals surface area (Å²) in [5.74, 6) is -0.776. The SMILES string of the molecule is CC(C)C[C@H](NP(=O)(Oc1ccccc1)C(C)(F)F)C(=O)OCc1ccccc1. The molecule has 5 nitrogen and oxygen atoms in total. The summed E-state index contributed by atoms with van der Waals surface area (Å²) in [6, 6.07) is 15.4. The Morgan fingerprint density at radius 1 is 1.07 bits per heavy atom. The van der Waals surface area contributed by atoms with Crippen molar-refractivity contribution in [3.8, 4) is 5.75 Å². The summed E-state index contributed by atoms with van der Waals surface area (Å²) < 4.78 is 52.1. The number of benzene rings is 2. The van der Waals surface area contributed by atoms with Gasteiger partial charge in [-0.15, -0.1) is 0 Å². The first kappa shape index (κ1) is 23.0. The standard InChI is InChI=1S/C21H26F2NO4P/c1-16(2)14-19(20(25)27-15-17-10-6-4-7-11-17)24-29(26,21(3,22)23)28-18-12-8-5-9-13-18/h4-13,16,19H,14-15H2,1-3H3,(H,24,26)/t19-,29?/m0/s1. The molecule has 0 bridgehead atoms. The number of hydrogen-bond acceptors (Lipinski definition) is 4. The Kier molecular flexibility index (Phi) is 7.94. The Hall–Kier alpha value is -2.24. The lowest BCUT2D eigenvalue weighted by Gasteiger charge is -2.29. The van der Waals surface area contributed by atoms with Crippen LogP contribution in [0.15, 0.2) is 60.7 Å². The van der Waals surface area contributed by atoms with Crippen LogP contribution in [0.3, 0.4) is 0 Å². The zero-order valence-electron chi connectivity index (χ0n) is 16.7. The van der Waals surface area contributed by atoms with Gasteiger partial charge in [-0.25, -0.2) is 5.09 Å². The largest absolute Gasteiger partial charge is 0.460 e. The van der Waals surface area contributed by atoms with Gasteiger partial charge in [0.2, 0.25) is 0 Å². The highest BCUT2D eigenvalue weighted by Crippen LogP contribution is 2.57. The Labute approximate surface area is 169 Å². The van der Waals surface area contributed by atoms with Crippen LogP contribution >= 0.6 is 7.52 Å². The fraction of sp³-hybridized carbons (Fsp3) is 0.381. The van der Waals surface area contributed by atoms with Crippen LogP contribution in [0.1, 0.15) is 32.8 Å². The topological polar surface area (TPSA) is 64.6 Å². The molecular weight excluding hydrogens is 399 g/mol. The Balaban J connectivity index is 2.19. The minimum absolute atomic E-state index is 0.0116. The van der Waals surface area contributed by atoms with Crippen molar-refractivity contribution in [2.24, 2.45) is 5.92 Å². The second-order valence-electron chi connectivity index (χ2n) is 7.20. The van der Waals surface area contributed by atoms with Crippen molar-refractivity contribution in [2.75, 3.05) is 0 Å². The van der Waals surface area contributed by atoms with Crippen LogP contribution in [0.2, 0.25) is 0 Å². The third kappa shape index (κ3) is 6.94. The monoisotopic (exact) mass is 425 g/mol. The summed E-state index contributed by atoms with van der Waals surface area (Å²) in [5.41, 5.74) is -2.95. The van der Waals surface area contributed by atoms with E-state index in [1.54, 1.807) is 42.5 Å². The molecule has 0 fully saturated rings. The zero-order chi connectivity index (χ0) is 21.5. The molecule has 0 aliphatic rings. The van der Waals surface area contributed by atoms with Gasteiger partial charge in [-0.2, -0.15) is 8.78 Å². The molecule has 0 aliphatic carbocycles. The van der Waals surface area contributed by atoms with E-state index in [4.69, 9.17) is 9.26 Å². The molecular formula is C21H26F2NO4P. The van der Waals surface area contributed by atoms with Crippen molar-refractivity contribution in [3.05, 3.63) is 66.2 Å². The number of carbonyl (C=O) groups excluding carboxylic acids is 1. The molecule has 0 radical (unpaired) electrons. The molecule has 158 valence electrons. The number of rotatable bonds is 10. The lowest BCUT2D eigenvalue weighted by molar-refractivity contribution is -0.147. The Bertz CT molecular complexity index is 826. The van der Waals surface area contributed by atoms with E-state index in [-0.39, 0.29) is 24.7 Å². The molecule has 8 heteroatoms. The molecule has 0 saturated carbocycles. The second-order valence-corrected chi connectivity index (χ2v) is 9.53. The number of hydrogen-bond donors (Lipinski definition) is 1. The van der Waals surface area contributed by atoms with Gasteiger partial charge in [0.15, 0.2) is 0 Å². The summed E-state index contributed by atoms with van der Waals surface area (Å²) in [5, 5.41) is 2.30. The molecule has 1 N–H and O–H groups in total. The van der Waals surface area contributed by atoms with Crippen LogP contribution in [0.5, 0.6) is 5.75 Å². The third-order valence-electron chi connectivity index (χ3n) is 4.04. The van der Waals surface area contributed by atoms with Gasteiger partial charge in [-0.1, -0.05) is 62.4 Å². The van der Waals surface area contributed by atoms with E-state index in [2.05, 4.69) is 5.09 Å². The van der Waals surface area contributed by atoms with Crippen LogP contribution in [0.4, 0.5) is 8.78 Å². The average molecular weight is 425 g/mol. The Morgan fingerprint density at radius 2 is 1.62 bits per heavy atom. The summed E-state index contributed by atoms with van der Waals surface area (Å²) in [7, 11) is -4.77. The first-order chi connectivity index (χ1) is 13.6. The van der Waals surface area contributed by atoms with Gasteiger partial charge >= 0.3 is 19.2 Å². The molecule has 0 aromatic heterocycles. The first-order valence-electron chi connectivity index (χ1n) is 9.31. The van der Waals surface area contributed by atoms with Gasteiger partial charge in [0.1, 0.15) is 18.4 Å². The van der Waals surface area contributed by atoms with Crippen LogP contribution < -0.4 is 9.61 Å². The summed E-state index contributed by atoms with van der Waals surface area (Å²) in [6.45, 7) is 4.15. The molecule has 2 rings (SSSR count). The van der Waals surface area contributed by atoms with E-state index in [0.29, 0.717) is 6.92 Å². The molecule has 0 heterocycles. The molecule has 1 unspecified atom stereocenters. The van der Waals surface area contributed by atoms with Gasteiger partial charge in [0, 0.05) is 6.92 Å². The fourth-order valence-corrected chi connectivity index (χ4v) is 4.04. The highest BCUT2D eigenvalue weighted by atomic mass is 31.2. The number of ether oxygens (including phenoxy) is 1. The number of nitrogens with one attached hydrogen (secondary N) is 1. The number of esters is 1. The highest BCUT2D eigenvalue weighted by Gasteiger charge is 2.51. The van der Waals surface area contributed by atoms with E-state index in [0.717, 1.165) is 5.56 Å². The van der Waals surface area contributed by atoms with Crippen molar-refractivity contribution in [1.29, 1.82) is 0 Å². The van der Waals surface area contributed by atoms with Crippen LogP contribution in [-0.4, -0.2) is 17.7 Å². The lowest BCUT2D eigenvalue weighted by Crippen LogP contribution is -2.41. The van der Waals surface area contributed by atoms with Crippen molar-refractivity contribution >= 4 is 13.5 Å². The van der Waals surface area contributed by atoms with Gasteiger partial charge in [0.05, 0.1) is 0 Å². The predicted molar refractivity (Wildman–Crippen MR) is 108 cm³/mol. The molecule has 0 aliphatic heterocycles. The van der Waals surface area contributed by atoms with Gasteiger partial charge in [0.25, 0.3) is 0 Å². The number of halogens is 2. The normalized spacial score (nSPS) is 14.8. The minimum Gasteiger partial charge on any atom is -0.460 e. The zero-order valence-corrected chi connectivity index (χ0v) is 17.6. The number of carbonyl (C=O) groups is 1. The summed E-state index contributed by atoms with van der Waals surface area (Å²) >= 11 is 0. The van der Waals surface area contributed by atoms with Crippen molar-refractivity contribution < 1.29 is 27.4 Å². The molecule has 0 saturated heterocycles. The van der Waals surface area contributed by atoms with E-state index in [9.17, 15) is 18.1 Å². The minimum atomic E-state index is -4.77. The lowest BCUT2D eigenvalue weighted by atomic mass is 10.1. The van der Waals surface area contributed by atoms with E-state index >= 15 is 0 Å². The number of alkyl halides is 2. The summed E-state index contributed by atoms with van der Waals surface area (Å²) in [6.07, 6.45) is 0.159. The maximum Gasteiger partial charge on any atom is 0.385 e. The molecule has 2 atom stereocenters. The molecule has 29 heavy (non-hydrogen) atoms. The fourth-order valence-electron chi connectivity index (χ4n) is 2.56. The van der Waals surface area contributed by atoms with Crippen LogP contribution in [0, 0.1) is 5.92 Å². The van der Waals surface area contributed by atoms with E-state index < -0.39 is 25.2 Å². The van der Waals surface area contributed by atoms with Crippen LogP contribution in [-0.2, 0) is 20.7 Å². The van der Waals surface area contributed by atoms with Crippen molar-refractivity contribution in [1.82, 2.24) is 5.09 Å². The van der Waals surface area contributed by atoms with Gasteiger partial charge < -0.3 is 9.26 Å². The third-order valence-corrected chi connectivity index (χ3v) is 6.19. The maximum absolute atomic E-state index is 14.3. The van der Waals surface area contributed by atoms with Crippen LogP contribution in [0.25, 0.3) is 0 Å². The highest BCUT2D eigenvalue weighted by molar-refractivity contribution is 7.58. The quantitative estimate of drug-likeness (QED) is 0.395. The average Bonchev–Trinajstić information content (AvgIpc) is 2.66. The number of para-hydroxylation sites is 1. The second kappa shape index (κ2) is 9.99. The van der Waals surface area contributed by atoms with Crippen molar-refractivity contribution in [3.63, 3.8) is 0 Å². The van der Waals surface area contributed by atoms with Gasteiger partial charge in [-0.05, 0) is 30.0 Å². The molecule has 2 aromatic rings. The van der Waals surface area contributed by atoms with E-state index in [1.807, 2.05) is 19.9 Å². The van der Waals surface area contributed by atoms with Gasteiger partial charge in [-0.3, -0.25) is 9.36 Å². The van der Waals surface area contributed by atoms with Crippen molar-refractivity contribution in [2.45, 2.75) is 45.5 Å². The Morgan fingerprint density at radius 3 is 2.14 bits per heavy atom. The predicted octanol–water partition coefficient (Wildman–Crippen LogP) is 5.62.